The lowest BCUT2D eigenvalue weighted by atomic mass is 10.0. The molecule has 2 rings (SSSR count). The summed E-state index contributed by atoms with van der Waals surface area (Å²) in [5, 5.41) is 2.04. The van der Waals surface area contributed by atoms with E-state index in [-0.39, 0.29) is 5.82 Å². The molecule has 0 saturated heterocycles. The van der Waals surface area contributed by atoms with Gasteiger partial charge in [0, 0.05) is 0 Å². The second kappa shape index (κ2) is 3.76. The van der Waals surface area contributed by atoms with Crippen molar-refractivity contribution in [2.24, 2.45) is 5.73 Å². The molecule has 0 unspecified atom stereocenters. The second-order valence-electron chi connectivity index (χ2n) is 3.32. The predicted octanol–water partition coefficient (Wildman–Crippen LogP) is 2.48. The van der Waals surface area contributed by atoms with Crippen LogP contribution in [0, 0.1) is 5.82 Å². The van der Waals surface area contributed by atoms with E-state index in [4.69, 9.17) is 5.73 Å². The molecule has 1 nitrogen and oxygen atoms in total. The van der Waals surface area contributed by atoms with Crippen LogP contribution in [0.3, 0.4) is 0 Å². The summed E-state index contributed by atoms with van der Waals surface area (Å²) in [7, 11) is 0. The molecule has 0 aliphatic heterocycles. The molecule has 0 aromatic heterocycles. The Morgan fingerprint density at radius 3 is 2.79 bits per heavy atom. The minimum absolute atomic E-state index is 0.193. The molecule has 0 saturated carbocycles. The summed E-state index contributed by atoms with van der Waals surface area (Å²) in [6.07, 6.45) is 0.792. The van der Waals surface area contributed by atoms with Crippen LogP contribution in [0.1, 0.15) is 5.56 Å². The summed E-state index contributed by atoms with van der Waals surface area (Å²) in [5.41, 5.74) is 6.61. The van der Waals surface area contributed by atoms with Crippen molar-refractivity contribution in [1.29, 1.82) is 0 Å². The van der Waals surface area contributed by atoms with Crippen molar-refractivity contribution < 1.29 is 4.39 Å². The number of benzene rings is 2. The lowest BCUT2D eigenvalue weighted by Crippen LogP contribution is -2.03. The van der Waals surface area contributed by atoms with Crippen molar-refractivity contribution in [2.75, 3.05) is 6.54 Å². The van der Waals surface area contributed by atoms with Crippen molar-refractivity contribution >= 4 is 10.8 Å². The molecule has 0 radical (unpaired) electrons. The highest BCUT2D eigenvalue weighted by molar-refractivity contribution is 5.85. The standard InChI is InChI=1S/C12H12FN/c13-11-5-4-9-2-1-3-10(6-7-14)12(9)8-11/h1-5,8H,6-7,14H2. The average Bonchev–Trinajstić information content (AvgIpc) is 2.19. The summed E-state index contributed by atoms with van der Waals surface area (Å²) >= 11 is 0. The highest BCUT2D eigenvalue weighted by atomic mass is 19.1. The lowest BCUT2D eigenvalue weighted by Gasteiger charge is -2.04. The molecule has 0 amide bonds. The van der Waals surface area contributed by atoms with Gasteiger partial charge in [0.15, 0.2) is 0 Å². The van der Waals surface area contributed by atoms with E-state index < -0.39 is 0 Å². The van der Waals surface area contributed by atoms with Crippen molar-refractivity contribution in [3.63, 3.8) is 0 Å². The summed E-state index contributed by atoms with van der Waals surface area (Å²) in [4.78, 5) is 0. The van der Waals surface area contributed by atoms with Crippen LogP contribution in [0.25, 0.3) is 10.8 Å². The van der Waals surface area contributed by atoms with Gasteiger partial charge in [0.05, 0.1) is 0 Å². The maximum atomic E-state index is 13.0. The van der Waals surface area contributed by atoms with E-state index in [2.05, 4.69) is 0 Å². The van der Waals surface area contributed by atoms with Crippen molar-refractivity contribution in [3.05, 3.63) is 47.8 Å². The van der Waals surface area contributed by atoms with Crippen LogP contribution in [0.4, 0.5) is 4.39 Å². The zero-order chi connectivity index (χ0) is 9.97. The minimum Gasteiger partial charge on any atom is -0.330 e. The normalized spacial score (nSPS) is 10.7. The molecule has 14 heavy (non-hydrogen) atoms. The van der Waals surface area contributed by atoms with Gasteiger partial charge >= 0.3 is 0 Å². The van der Waals surface area contributed by atoms with E-state index in [1.807, 2.05) is 18.2 Å². The molecular formula is C12H12FN. The van der Waals surface area contributed by atoms with Crippen LogP contribution in [-0.4, -0.2) is 6.54 Å². The molecule has 0 bridgehead atoms. The smallest absolute Gasteiger partial charge is 0.123 e. The number of hydrogen-bond acceptors (Lipinski definition) is 1. The van der Waals surface area contributed by atoms with E-state index in [0.717, 1.165) is 22.8 Å². The Kier molecular flexibility index (Phi) is 2.46. The molecule has 2 heteroatoms. The summed E-state index contributed by atoms with van der Waals surface area (Å²) < 4.78 is 13.0. The zero-order valence-electron chi connectivity index (χ0n) is 7.83. The summed E-state index contributed by atoms with van der Waals surface area (Å²) in [5.74, 6) is -0.193. The molecule has 0 aliphatic rings. The van der Waals surface area contributed by atoms with E-state index in [0.29, 0.717) is 6.54 Å². The number of fused-ring (bicyclic) bond motifs is 1. The molecule has 0 fully saturated rings. The second-order valence-corrected chi connectivity index (χ2v) is 3.32. The fourth-order valence-corrected chi connectivity index (χ4v) is 1.68. The Balaban J connectivity index is 2.64. The first-order valence-electron chi connectivity index (χ1n) is 4.68. The van der Waals surface area contributed by atoms with Gasteiger partial charge < -0.3 is 5.73 Å². The van der Waals surface area contributed by atoms with Crippen LogP contribution in [-0.2, 0) is 6.42 Å². The molecular weight excluding hydrogens is 177 g/mol. The topological polar surface area (TPSA) is 26.0 Å². The van der Waals surface area contributed by atoms with Gasteiger partial charge in [-0.05, 0) is 41.4 Å². The van der Waals surface area contributed by atoms with Gasteiger partial charge in [-0.3, -0.25) is 0 Å². The number of rotatable bonds is 2. The molecule has 72 valence electrons. The Bertz CT molecular complexity index is 451. The van der Waals surface area contributed by atoms with Crippen molar-refractivity contribution in [3.8, 4) is 0 Å². The Labute approximate surface area is 82.3 Å². The van der Waals surface area contributed by atoms with Crippen molar-refractivity contribution in [2.45, 2.75) is 6.42 Å². The van der Waals surface area contributed by atoms with Gasteiger partial charge in [0.1, 0.15) is 5.82 Å². The van der Waals surface area contributed by atoms with Crippen LogP contribution < -0.4 is 5.73 Å². The fraction of sp³-hybridized carbons (Fsp3) is 0.167. The third-order valence-corrected chi connectivity index (χ3v) is 2.35. The molecule has 0 atom stereocenters. The van der Waals surface area contributed by atoms with Gasteiger partial charge in [-0.2, -0.15) is 0 Å². The minimum atomic E-state index is -0.193. The molecule has 2 aromatic carbocycles. The average molecular weight is 189 g/mol. The molecule has 2 aromatic rings. The third-order valence-electron chi connectivity index (χ3n) is 2.35. The van der Waals surface area contributed by atoms with Gasteiger partial charge in [0.25, 0.3) is 0 Å². The Hall–Kier alpha value is -1.41. The van der Waals surface area contributed by atoms with Gasteiger partial charge in [0.2, 0.25) is 0 Å². The summed E-state index contributed by atoms with van der Waals surface area (Å²) in [6, 6.07) is 10.8. The first-order chi connectivity index (χ1) is 6.81. The highest BCUT2D eigenvalue weighted by Gasteiger charge is 2.00. The van der Waals surface area contributed by atoms with Crippen LogP contribution in [0.5, 0.6) is 0 Å². The van der Waals surface area contributed by atoms with Gasteiger partial charge in [-0.25, -0.2) is 4.39 Å². The molecule has 0 spiro atoms. The molecule has 0 aliphatic carbocycles. The maximum Gasteiger partial charge on any atom is 0.123 e. The number of hydrogen-bond donors (Lipinski definition) is 1. The van der Waals surface area contributed by atoms with Gasteiger partial charge in [-0.15, -0.1) is 0 Å². The van der Waals surface area contributed by atoms with Crippen LogP contribution >= 0.6 is 0 Å². The first-order valence-corrected chi connectivity index (χ1v) is 4.68. The monoisotopic (exact) mass is 189 g/mol. The highest BCUT2D eigenvalue weighted by Crippen LogP contribution is 2.20. The number of nitrogens with two attached hydrogens (primary N) is 1. The van der Waals surface area contributed by atoms with Crippen molar-refractivity contribution in [1.82, 2.24) is 0 Å². The first kappa shape index (κ1) is 9.16. The quantitative estimate of drug-likeness (QED) is 0.771. The lowest BCUT2D eigenvalue weighted by molar-refractivity contribution is 0.629. The SMILES string of the molecule is NCCc1cccc2ccc(F)cc12. The Morgan fingerprint density at radius 1 is 1.14 bits per heavy atom. The van der Waals surface area contributed by atoms with Crippen LogP contribution in [0.15, 0.2) is 36.4 Å². The van der Waals surface area contributed by atoms with E-state index in [9.17, 15) is 4.39 Å². The fourth-order valence-electron chi connectivity index (χ4n) is 1.68. The molecule has 0 heterocycles. The van der Waals surface area contributed by atoms with Crippen LogP contribution in [0.2, 0.25) is 0 Å². The maximum absolute atomic E-state index is 13.0. The number of halogens is 1. The summed E-state index contributed by atoms with van der Waals surface area (Å²) in [6.45, 7) is 0.593. The largest absolute Gasteiger partial charge is 0.330 e. The molecule has 2 N–H and O–H groups in total. The van der Waals surface area contributed by atoms with E-state index in [1.165, 1.54) is 6.07 Å². The van der Waals surface area contributed by atoms with E-state index >= 15 is 0 Å². The predicted molar refractivity (Wildman–Crippen MR) is 56.7 cm³/mol. The van der Waals surface area contributed by atoms with E-state index in [1.54, 1.807) is 12.1 Å². The zero-order valence-corrected chi connectivity index (χ0v) is 7.83. The third kappa shape index (κ3) is 1.61. The Morgan fingerprint density at radius 2 is 2.00 bits per heavy atom. The van der Waals surface area contributed by atoms with Gasteiger partial charge in [-0.1, -0.05) is 24.3 Å².